The van der Waals surface area contributed by atoms with Crippen molar-refractivity contribution in [3.05, 3.63) is 81.8 Å². The number of nitrogens with one attached hydrogen (secondary N) is 2. The average molecular weight is 636 g/mol. The zero-order valence-electron chi connectivity index (χ0n) is 21.3. The van der Waals surface area contributed by atoms with E-state index in [-0.39, 0.29) is 34.7 Å². The molecule has 3 rings (SSSR count). The summed E-state index contributed by atoms with van der Waals surface area (Å²) in [5.74, 6) is -0.149. The number of halogens is 5. The Kier molecular flexibility index (Phi) is 11.6. The van der Waals surface area contributed by atoms with Crippen LogP contribution >= 0.6 is 23.2 Å². The molecule has 0 aliphatic carbocycles. The fraction of sp³-hybridized carbons (Fsp3) is 0.269. The minimum absolute atomic E-state index is 0.0316. The van der Waals surface area contributed by atoms with Crippen LogP contribution in [0.4, 0.5) is 18.9 Å². The fourth-order valence-corrected chi connectivity index (χ4v) is 4.79. The molecule has 0 spiro atoms. The van der Waals surface area contributed by atoms with Crippen molar-refractivity contribution in [1.29, 1.82) is 0 Å². The summed E-state index contributed by atoms with van der Waals surface area (Å²) in [4.78, 5) is 11.7. The summed E-state index contributed by atoms with van der Waals surface area (Å²) in [5, 5.41) is 2.28. The number of benzene rings is 3. The predicted molar refractivity (Wildman–Crippen MR) is 148 cm³/mol. The minimum Gasteiger partial charge on any atom is -0.455 e. The third-order valence-corrected chi connectivity index (χ3v) is 7.18. The number of carbonyl (C=O) groups excluding carboxylic acids is 1. The molecule has 0 aromatic heterocycles. The van der Waals surface area contributed by atoms with E-state index in [0.717, 1.165) is 12.1 Å². The summed E-state index contributed by atoms with van der Waals surface area (Å²) >= 11 is 11.7. The Morgan fingerprint density at radius 1 is 0.902 bits per heavy atom. The maximum atomic E-state index is 13.2. The summed E-state index contributed by atoms with van der Waals surface area (Å²) in [6.07, 6.45) is -4.85. The molecule has 41 heavy (non-hydrogen) atoms. The number of ether oxygens (including phenoxy) is 3. The van der Waals surface area contributed by atoms with Gasteiger partial charge >= 0.3 is 6.18 Å². The number of anilines is 1. The number of amides is 1. The first-order valence-electron chi connectivity index (χ1n) is 12.0. The summed E-state index contributed by atoms with van der Waals surface area (Å²) in [6.45, 7) is 2.22. The van der Waals surface area contributed by atoms with Gasteiger partial charge in [-0.25, -0.2) is 8.42 Å². The van der Waals surface area contributed by atoms with Crippen LogP contribution in [0.5, 0.6) is 11.5 Å². The van der Waals surface area contributed by atoms with Crippen LogP contribution in [0.3, 0.4) is 0 Å². The molecule has 0 radical (unpaired) electrons. The first-order chi connectivity index (χ1) is 19.4. The van der Waals surface area contributed by atoms with E-state index in [4.69, 9.17) is 43.1 Å². The lowest BCUT2D eigenvalue weighted by Gasteiger charge is -2.15. The van der Waals surface area contributed by atoms with E-state index in [9.17, 15) is 26.4 Å². The Labute approximate surface area is 244 Å². The second kappa shape index (κ2) is 14.7. The number of carbonyl (C=O) groups is 1. The van der Waals surface area contributed by atoms with Gasteiger partial charge in [0.15, 0.2) is 5.75 Å². The number of rotatable bonds is 14. The maximum Gasteiger partial charge on any atom is 0.417 e. The molecule has 15 heteroatoms. The van der Waals surface area contributed by atoms with Crippen molar-refractivity contribution < 1.29 is 40.6 Å². The Morgan fingerprint density at radius 3 is 2.24 bits per heavy atom. The van der Waals surface area contributed by atoms with Crippen LogP contribution in [0.25, 0.3) is 0 Å². The van der Waals surface area contributed by atoms with E-state index in [0.29, 0.717) is 44.6 Å². The molecule has 0 aliphatic heterocycles. The second-order valence-electron chi connectivity index (χ2n) is 8.28. The molecule has 3 aromatic rings. The van der Waals surface area contributed by atoms with Crippen molar-refractivity contribution in [2.75, 3.05) is 44.2 Å². The molecule has 222 valence electrons. The highest BCUT2D eigenvalue weighted by atomic mass is 35.5. The van der Waals surface area contributed by atoms with Crippen molar-refractivity contribution in [1.82, 2.24) is 5.32 Å². The summed E-state index contributed by atoms with van der Waals surface area (Å²) in [7, 11) is -4.48. The SMILES string of the molecule is NCCOCCOCCNC(=O)c1ccc(Oc2cc(Cl)ccc2NS(=O)(=O)c2ccc(Cl)c(C(F)(F)F)c2)cc1. The minimum atomic E-state index is -4.85. The van der Waals surface area contributed by atoms with Gasteiger partial charge in [-0.2, -0.15) is 13.2 Å². The van der Waals surface area contributed by atoms with Crippen molar-refractivity contribution in [3.63, 3.8) is 0 Å². The molecular weight excluding hydrogens is 610 g/mol. The number of nitrogens with two attached hydrogens (primary N) is 1. The van der Waals surface area contributed by atoms with Crippen molar-refractivity contribution in [2.45, 2.75) is 11.1 Å². The molecular formula is C26H26Cl2F3N3O6S. The summed E-state index contributed by atoms with van der Waals surface area (Å²) in [6, 6.07) is 12.2. The third-order valence-electron chi connectivity index (χ3n) is 5.25. The first kappa shape index (κ1) is 32.4. The van der Waals surface area contributed by atoms with E-state index in [1.807, 2.05) is 0 Å². The van der Waals surface area contributed by atoms with Crippen LogP contribution in [0.2, 0.25) is 10.0 Å². The monoisotopic (exact) mass is 635 g/mol. The highest BCUT2D eigenvalue weighted by Gasteiger charge is 2.34. The van der Waals surface area contributed by atoms with Gasteiger partial charge in [-0.05, 0) is 54.6 Å². The van der Waals surface area contributed by atoms with Crippen LogP contribution in [0.1, 0.15) is 15.9 Å². The number of alkyl halides is 3. The third kappa shape index (κ3) is 9.76. The van der Waals surface area contributed by atoms with E-state index >= 15 is 0 Å². The van der Waals surface area contributed by atoms with Gasteiger partial charge in [0, 0.05) is 29.7 Å². The van der Waals surface area contributed by atoms with Gasteiger partial charge in [0.1, 0.15) is 5.75 Å². The van der Waals surface area contributed by atoms with E-state index in [2.05, 4.69) is 10.0 Å². The quantitative estimate of drug-likeness (QED) is 0.204. The highest BCUT2D eigenvalue weighted by Crippen LogP contribution is 2.37. The van der Waals surface area contributed by atoms with E-state index in [1.165, 1.54) is 42.5 Å². The zero-order chi connectivity index (χ0) is 30.0. The number of sulfonamides is 1. The van der Waals surface area contributed by atoms with Gasteiger partial charge in [0.2, 0.25) is 0 Å². The van der Waals surface area contributed by atoms with Crippen molar-refractivity contribution in [3.8, 4) is 11.5 Å². The lowest BCUT2D eigenvalue weighted by Crippen LogP contribution is -2.27. The van der Waals surface area contributed by atoms with Gasteiger partial charge in [-0.3, -0.25) is 9.52 Å². The molecule has 3 aromatic carbocycles. The largest absolute Gasteiger partial charge is 0.455 e. The Bertz CT molecular complexity index is 1440. The van der Waals surface area contributed by atoms with Crippen molar-refractivity contribution >= 4 is 44.8 Å². The van der Waals surface area contributed by atoms with Gasteiger partial charge in [0.25, 0.3) is 15.9 Å². The first-order valence-corrected chi connectivity index (χ1v) is 14.3. The lowest BCUT2D eigenvalue weighted by atomic mass is 10.2. The molecule has 0 heterocycles. The summed E-state index contributed by atoms with van der Waals surface area (Å²) < 4.78 is 84.1. The van der Waals surface area contributed by atoms with E-state index < -0.39 is 31.7 Å². The second-order valence-corrected chi connectivity index (χ2v) is 10.8. The fourth-order valence-electron chi connectivity index (χ4n) is 3.30. The molecule has 0 bridgehead atoms. The van der Waals surface area contributed by atoms with E-state index in [1.54, 1.807) is 0 Å². The van der Waals surface area contributed by atoms with Crippen LogP contribution < -0.4 is 20.5 Å². The van der Waals surface area contributed by atoms with Gasteiger partial charge in [0.05, 0.1) is 47.6 Å². The highest BCUT2D eigenvalue weighted by molar-refractivity contribution is 7.92. The molecule has 1 amide bonds. The molecule has 4 N–H and O–H groups in total. The lowest BCUT2D eigenvalue weighted by molar-refractivity contribution is -0.137. The van der Waals surface area contributed by atoms with Crippen LogP contribution in [0.15, 0.2) is 65.6 Å². The molecule has 0 atom stereocenters. The van der Waals surface area contributed by atoms with Gasteiger partial charge in [-0.1, -0.05) is 23.2 Å². The van der Waals surface area contributed by atoms with Gasteiger partial charge in [-0.15, -0.1) is 0 Å². The van der Waals surface area contributed by atoms with Crippen LogP contribution in [0, 0.1) is 0 Å². The van der Waals surface area contributed by atoms with Crippen molar-refractivity contribution in [2.24, 2.45) is 5.73 Å². The molecule has 0 aliphatic rings. The zero-order valence-corrected chi connectivity index (χ0v) is 23.7. The summed E-state index contributed by atoms with van der Waals surface area (Å²) in [5.41, 5.74) is 4.27. The predicted octanol–water partition coefficient (Wildman–Crippen LogP) is 5.33. The standard InChI is InChI=1S/C26H26Cl2F3N3O6S/c27-18-3-8-23(34-41(36,37)20-6-7-22(28)21(16-20)26(29,30)31)24(15-18)40-19-4-1-17(2-5-19)25(35)33-10-12-39-14-13-38-11-9-32/h1-8,15-16,34H,9-14,32H2,(H,33,35). The molecule has 0 fully saturated rings. The number of hydrogen-bond donors (Lipinski definition) is 3. The maximum absolute atomic E-state index is 13.2. The van der Waals surface area contributed by atoms with Gasteiger partial charge < -0.3 is 25.3 Å². The Morgan fingerprint density at radius 2 is 1.59 bits per heavy atom. The van der Waals surface area contributed by atoms with Crippen LogP contribution in [-0.4, -0.2) is 53.8 Å². The Balaban J connectivity index is 1.66. The Hall–Kier alpha value is -3.07. The molecule has 0 saturated carbocycles. The molecule has 9 nitrogen and oxygen atoms in total. The smallest absolute Gasteiger partial charge is 0.417 e. The topological polar surface area (TPSA) is 129 Å². The average Bonchev–Trinajstić information content (AvgIpc) is 2.91. The molecule has 0 saturated heterocycles. The molecule has 0 unspecified atom stereocenters. The number of hydrogen-bond acceptors (Lipinski definition) is 7. The van der Waals surface area contributed by atoms with Crippen LogP contribution in [-0.2, 0) is 25.7 Å². The normalized spacial score (nSPS) is 11.8.